The SMILES string of the molecule is C=C1CCc2ccc(CCCCNc3ccccn3)cc2CN1NCCCCC(C)(C)CC. The van der Waals surface area contributed by atoms with Gasteiger partial charge in [0.25, 0.3) is 0 Å². The normalized spacial score (nSPS) is 14.2. The molecular weight excluding hydrogens is 404 g/mol. The van der Waals surface area contributed by atoms with Gasteiger partial charge in [0.2, 0.25) is 0 Å². The van der Waals surface area contributed by atoms with E-state index in [1.165, 1.54) is 54.5 Å². The van der Waals surface area contributed by atoms with Crippen LogP contribution >= 0.6 is 0 Å². The van der Waals surface area contributed by atoms with Gasteiger partial charge in [-0.25, -0.2) is 10.4 Å². The van der Waals surface area contributed by atoms with E-state index in [1.807, 2.05) is 24.4 Å². The molecule has 0 saturated carbocycles. The quantitative estimate of drug-likeness (QED) is 0.327. The lowest BCUT2D eigenvalue weighted by atomic mass is 9.85. The summed E-state index contributed by atoms with van der Waals surface area (Å²) in [5, 5.41) is 5.71. The lowest BCUT2D eigenvalue weighted by Crippen LogP contribution is -2.36. The Bertz CT molecular complexity index is 859. The monoisotopic (exact) mass is 448 g/mol. The zero-order valence-corrected chi connectivity index (χ0v) is 21.1. The van der Waals surface area contributed by atoms with Gasteiger partial charge in [-0.1, -0.05) is 64.5 Å². The van der Waals surface area contributed by atoms with Gasteiger partial charge in [0.1, 0.15) is 5.82 Å². The Hall–Kier alpha value is -2.33. The van der Waals surface area contributed by atoms with Gasteiger partial charge in [0, 0.05) is 25.0 Å². The first-order chi connectivity index (χ1) is 16.0. The molecule has 3 rings (SSSR count). The minimum atomic E-state index is 0.468. The van der Waals surface area contributed by atoms with Crippen molar-refractivity contribution in [1.29, 1.82) is 0 Å². The van der Waals surface area contributed by atoms with Crippen molar-refractivity contribution in [2.45, 2.75) is 85.1 Å². The smallest absolute Gasteiger partial charge is 0.125 e. The van der Waals surface area contributed by atoms with E-state index in [4.69, 9.17) is 0 Å². The summed E-state index contributed by atoms with van der Waals surface area (Å²) in [6, 6.07) is 13.1. The zero-order chi connectivity index (χ0) is 23.5. The number of benzene rings is 1. The Morgan fingerprint density at radius 3 is 2.64 bits per heavy atom. The number of hydrogen-bond acceptors (Lipinski definition) is 4. The van der Waals surface area contributed by atoms with E-state index in [9.17, 15) is 0 Å². The van der Waals surface area contributed by atoms with Gasteiger partial charge in [-0.15, -0.1) is 0 Å². The molecule has 4 nitrogen and oxygen atoms in total. The van der Waals surface area contributed by atoms with Gasteiger partial charge in [0.15, 0.2) is 0 Å². The molecule has 1 aromatic carbocycles. The van der Waals surface area contributed by atoms with Crippen molar-refractivity contribution in [2.24, 2.45) is 5.41 Å². The molecule has 180 valence electrons. The average Bonchev–Trinajstić information content (AvgIpc) is 2.97. The highest BCUT2D eigenvalue weighted by atomic mass is 15.5. The van der Waals surface area contributed by atoms with E-state index < -0.39 is 0 Å². The number of rotatable bonds is 13. The number of aromatic nitrogens is 1. The van der Waals surface area contributed by atoms with Crippen LogP contribution in [0.15, 0.2) is 54.9 Å². The first-order valence-electron chi connectivity index (χ1n) is 12.9. The molecule has 0 unspecified atom stereocenters. The second-order valence-electron chi connectivity index (χ2n) is 10.2. The van der Waals surface area contributed by atoms with Crippen molar-refractivity contribution < 1.29 is 0 Å². The Labute approximate surface area is 201 Å². The fourth-order valence-corrected chi connectivity index (χ4v) is 4.35. The minimum absolute atomic E-state index is 0.468. The largest absolute Gasteiger partial charge is 0.370 e. The standard InChI is InChI=1S/C29H44N4/c1-5-29(3,4)18-8-11-21-32-33-23-27-22-25(15-17-26(27)16-14-24(33)2)12-6-9-19-30-28-13-7-10-20-31-28/h7,10,13,15,17,20,22,32H,2,5-6,8-9,11-12,14,16,18-19,21,23H2,1,3-4H3,(H,30,31). The molecule has 0 atom stereocenters. The van der Waals surface area contributed by atoms with Crippen LogP contribution in [0.5, 0.6) is 0 Å². The maximum atomic E-state index is 4.36. The summed E-state index contributed by atoms with van der Waals surface area (Å²) in [4.78, 5) is 4.32. The summed E-state index contributed by atoms with van der Waals surface area (Å²) in [5.74, 6) is 0.962. The molecular formula is C29H44N4. The number of nitrogens with zero attached hydrogens (tertiary/aromatic N) is 2. The summed E-state index contributed by atoms with van der Waals surface area (Å²) in [6.07, 6.45) is 12.5. The topological polar surface area (TPSA) is 40.2 Å². The Kier molecular flexibility index (Phi) is 9.80. The van der Waals surface area contributed by atoms with Gasteiger partial charge in [-0.05, 0) is 79.2 Å². The lowest BCUT2D eigenvalue weighted by Gasteiger charge is -2.27. The molecule has 0 bridgehead atoms. The summed E-state index contributed by atoms with van der Waals surface area (Å²) >= 11 is 0. The molecule has 0 saturated heterocycles. The molecule has 0 radical (unpaired) electrons. The number of unbranched alkanes of at least 4 members (excludes halogenated alkanes) is 2. The molecule has 1 aliphatic rings. The number of pyridine rings is 1. The Morgan fingerprint density at radius 2 is 1.85 bits per heavy atom. The Balaban J connectivity index is 1.44. The minimum Gasteiger partial charge on any atom is -0.370 e. The van der Waals surface area contributed by atoms with Crippen LogP contribution in [-0.4, -0.2) is 23.1 Å². The third-order valence-corrected chi connectivity index (χ3v) is 7.07. The zero-order valence-electron chi connectivity index (χ0n) is 21.1. The summed E-state index contributed by atoms with van der Waals surface area (Å²) in [7, 11) is 0. The van der Waals surface area contributed by atoms with E-state index in [1.54, 1.807) is 0 Å². The van der Waals surface area contributed by atoms with E-state index in [-0.39, 0.29) is 0 Å². The van der Waals surface area contributed by atoms with Crippen LogP contribution in [0.25, 0.3) is 0 Å². The summed E-state index contributed by atoms with van der Waals surface area (Å²) in [6.45, 7) is 14.3. The molecule has 0 spiro atoms. The van der Waals surface area contributed by atoms with Crippen molar-refractivity contribution >= 4 is 5.82 Å². The molecule has 0 amide bonds. The molecule has 33 heavy (non-hydrogen) atoms. The number of aryl methyl sites for hydroxylation is 2. The number of hydrogen-bond donors (Lipinski definition) is 2. The highest BCUT2D eigenvalue weighted by molar-refractivity contribution is 5.35. The van der Waals surface area contributed by atoms with Crippen LogP contribution < -0.4 is 10.7 Å². The third kappa shape index (κ3) is 8.51. The molecule has 0 aliphatic carbocycles. The summed E-state index contributed by atoms with van der Waals surface area (Å²) < 4.78 is 0. The molecule has 1 aromatic heterocycles. The van der Waals surface area contributed by atoms with Crippen LogP contribution in [0.3, 0.4) is 0 Å². The highest BCUT2D eigenvalue weighted by Gasteiger charge is 2.17. The number of fused-ring (bicyclic) bond motifs is 1. The average molecular weight is 449 g/mol. The second-order valence-corrected chi connectivity index (χ2v) is 10.2. The first kappa shape index (κ1) is 25.3. The van der Waals surface area contributed by atoms with Gasteiger partial charge < -0.3 is 10.3 Å². The number of anilines is 1. The van der Waals surface area contributed by atoms with Crippen LogP contribution in [0.2, 0.25) is 0 Å². The number of hydrazine groups is 1. The van der Waals surface area contributed by atoms with Crippen molar-refractivity contribution in [3.05, 3.63) is 71.6 Å². The maximum absolute atomic E-state index is 4.36. The van der Waals surface area contributed by atoms with Gasteiger partial charge >= 0.3 is 0 Å². The van der Waals surface area contributed by atoms with Crippen molar-refractivity contribution in [3.63, 3.8) is 0 Å². The maximum Gasteiger partial charge on any atom is 0.125 e. The van der Waals surface area contributed by atoms with Crippen LogP contribution in [0, 0.1) is 5.41 Å². The van der Waals surface area contributed by atoms with Crippen molar-refractivity contribution in [1.82, 2.24) is 15.4 Å². The van der Waals surface area contributed by atoms with Gasteiger partial charge in [0.05, 0.1) is 6.54 Å². The molecule has 4 heteroatoms. The van der Waals surface area contributed by atoms with Crippen molar-refractivity contribution in [3.8, 4) is 0 Å². The number of nitrogens with one attached hydrogen (secondary N) is 2. The fraction of sp³-hybridized carbons (Fsp3) is 0.552. The van der Waals surface area contributed by atoms with Gasteiger partial charge in [-0.3, -0.25) is 0 Å². The molecule has 2 aromatic rings. The predicted octanol–water partition coefficient (Wildman–Crippen LogP) is 6.89. The first-order valence-corrected chi connectivity index (χ1v) is 12.9. The summed E-state index contributed by atoms with van der Waals surface area (Å²) in [5.41, 5.74) is 9.73. The number of allylic oxidation sites excluding steroid dienone is 1. The van der Waals surface area contributed by atoms with E-state index in [0.29, 0.717) is 5.41 Å². The molecule has 0 fully saturated rings. The lowest BCUT2D eigenvalue weighted by molar-refractivity contribution is 0.227. The van der Waals surface area contributed by atoms with E-state index in [2.05, 4.69) is 66.3 Å². The predicted molar refractivity (Wildman–Crippen MR) is 141 cm³/mol. The highest BCUT2D eigenvalue weighted by Crippen LogP contribution is 2.27. The molecule has 2 heterocycles. The molecule has 2 N–H and O–H groups in total. The fourth-order valence-electron chi connectivity index (χ4n) is 4.35. The second kappa shape index (κ2) is 12.8. The van der Waals surface area contributed by atoms with Crippen molar-refractivity contribution in [2.75, 3.05) is 18.4 Å². The Morgan fingerprint density at radius 1 is 1.00 bits per heavy atom. The van der Waals surface area contributed by atoms with E-state index in [0.717, 1.165) is 51.1 Å². The van der Waals surface area contributed by atoms with Crippen LogP contribution in [0.1, 0.15) is 82.4 Å². The third-order valence-electron chi connectivity index (χ3n) is 7.07. The molecule has 1 aliphatic heterocycles. The van der Waals surface area contributed by atoms with E-state index >= 15 is 0 Å². The van der Waals surface area contributed by atoms with Gasteiger partial charge in [-0.2, -0.15) is 0 Å². The van der Waals surface area contributed by atoms with Crippen LogP contribution in [0.4, 0.5) is 5.82 Å². The van der Waals surface area contributed by atoms with Crippen LogP contribution in [-0.2, 0) is 19.4 Å².